The average molecular weight is 406 g/mol. The number of rotatable bonds is 7. The number of aryl methyl sites for hydroxylation is 3. The number of amides is 1. The number of ether oxygens (including phenoxy) is 1. The molecular formula is C23H27N5O2. The van der Waals surface area contributed by atoms with Crippen molar-refractivity contribution in [3.63, 3.8) is 0 Å². The van der Waals surface area contributed by atoms with E-state index in [1.165, 1.54) is 11.8 Å². The van der Waals surface area contributed by atoms with Crippen LogP contribution in [0.3, 0.4) is 0 Å². The molecule has 1 aromatic heterocycles. The lowest BCUT2D eigenvalue weighted by Crippen LogP contribution is -2.16. The average Bonchev–Trinajstić information content (AvgIpc) is 3.14. The van der Waals surface area contributed by atoms with Crippen LogP contribution in [0.15, 0.2) is 42.5 Å². The van der Waals surface area contributed by atoms with E-state index in [1.54, 1.807) is 11.7 Å². The predicted molar refractivity (Wildman–Crippen MR) is 120 cm³/mol. The van der Waals surface area contributed by atoms with E-state index in [9.17, 15) is 4.79 Å². The number of nitrogens with zero attached hydrogens (tertiary/aromatic N) is 2. The lowest BCUT2D eigenvalue weighted by atomic mass is 10.0. The Morgan fingerprint density at radius 3 is 2.67 bits per heavy atom. The fourth-order valence-corrected chi connectivity index (χ4v) is 3.32. The van der Waals surface area contributed by atoms with Gasteiger partial charge in [0.15, 0.2) is 0 Å². The van der Waals surface area contributed by atoms with E-state index in [4.69, 9.17) is 10.1 Å². The van der Waals surface area contributed by atoms with Gasteiger partial charge in [0.25, 0.3) is 0 Å². The number of hydrogen-bond donors (Lipinski definition) is 3. The molecule has 3 aromatic rings. The Kier molecular flexibility index (Phi) is 6.51. The van der Waals surface area contributed by atoms with Gasteiger partial charge >= 0.3 is 6.09 Å². The third kappa shape index (κ3) is 4.68. The molecule has 1 amide bonds. The Labute approximate surface area is 176 Å². The van der Waals surface area contributed by atoms with Gasteiger partial charge in [-0.15, -0.1) is 0 Å². The quantitative estimate of drug-likeness (QED) is 0.484. The molecule has 2 aromatic carbocycles. The standard InChI is InChI=1S/C23H27N5O2/c1-5-28-22(12-21(27-28)19-9-6-15(2)10-16(19)3)26-23(29)30-14-17-7-8-18(13-24)20(11-17)25-4/h6-13,24-25H,5,14H2,1-4H3,(H,26,29). The molecule has 0 aliphatic carbocycles. The van der Waals surface area contributed by atoms with Crippen molar-refractivity contribution in [2.45, 2.75) is 33.9 Å². The zero-order chi connectivity index (χ0) is 21.7. The zero-order valence-electron chi connectivity index (χ0n) is 17.7. The Hall–Kier alpha value is -3.61. The molecule has 0 unspecified atom stereocenters. The lowest BCUT2D eigenvalue weighted by molar-refractivity contribution is 0.155. The molecule has 1 heterocycles. The highest BCUT2D eigenvalue weighted by molar-refractivity contribution is 5.86. The molecule has 7 heteroatoms. The number of hydrogen-bond acceptors (Lipinski definition) is 5. The molecule has 30 heavy (non-hydrogen) atoms. The first kappa shape index (κ1) is 21.1. The van der Waals surface area contributed by atoms with Gasteiger partial charge in [-0.3, -0.25) is 5.32 Å². The Balaban J connectivity index is 1.71. The summed E-state index contributed by atoms with van der Waals surface area (Å²) in [6.45, 7) is 6.83. The van der Waals surface area contributed by atoms with E-state index in [-0.39, 0.29) is 6.61 Å². The second-order valence-electron chi connectivity index (χ2n) is 7.07. The maximum Gasteiger partial charge on any atom is 0.413 e. The minimum absolute atomic E-state index is 0.128. The van der Waals surface area contributed by atoms with Crippen LogP contribution in [0.2, 0.25) is 0 Å². The summed E-state index contributed by atoms with van der Waals surface area (Å²) < 4.78 is 7.13. The molecule has 156 valence electrons. The number of carbonyl (C=O) groups is 1. The van der Waals surface area contributed by atoms with Crippen LogP contribution in [0.5, 0.6) is 0 Å². The van der Waals surface area contributed by atoms with E-state index >= 15 is 0 Å². The predicted octanol–water partition coefficient (Wildman–Crippen LogP) is 4.97. The Morgan fingerprint density at radius 1 is 1.20 bits per heavy atom. The van der Waals surface area contributed by atoms with E-state index in [2.05, 4.69) is 41.7 Å². The van der Waals surface area contributed by atoms with Crippen LogP contribution in [0, 0.1) is 19.3 Å². The number of aromatic nitrogens is 2. The zero-order valence-corrected chi connectivity index (χ0v) is 17.7. The normalized spacial score (nSPS) is 10.5. The van der Waals surface area contributed by atoms with Crippen LogP contribution < -0.4 is 10.6 Å². The van der Waals surface area contributed by atoms with Crippen molar-refractivity contribution in [3.05, 3.63) is 64.7 Å². The van der Waals surface area contributed by atoms with E-state index in [0.717, 1.165) is 33.6 Å². The second-order valence-corrected chi connectivity index (χ2v) is 7.07. The first-order valence-electron chi connectivity index (χ1n) is 9.85. The van der Waals surface area contributed by atoms with Gasteiger partial charge in [0.2, 0.25) is 0 Å². The van der Waals surface area contributed by atoms with Gasteiger partial charge in [-0.25, -0.2) is 9.48 Å². The van der Waals surface area contributed by atoms with Crippen LogP contribution in [-0.2, 0) is 17.9 Å². The van der Waals surface area contributed by atoms with Crippen LogP contribution >= 0.6 is 0 Å². The van der Waals surface area contributed by atoms with E-state index < -0.39 is 6.09 Å². The van der Waals surface area contributed by atoms with Crippen molar-refractivity contribution in [3.8, 4) is 11.3 Å². The van der Waals surface area contributed by atoms with Crippen LogP contribution in [-0.4, -0.2) is 29.1 Å². The minimum atomic E-state index is -0.543. The summed E-state index contributed by atoms with van der Waals surface area (Å²) in [6.07, 6.45) is 0.738. The summed E-state index contributed by atoms with van der Waals surface area (Å²) >= 11 is 0. The molecule has 0 saturated carbocycles. The van der Waals surface area contributed by atoms with E-state index in [1.807, 2.05) is 37.3 Å². The van der Waals surface area contributed by atoms with Gasteiger partial charge in [-0.1, -0.05) is 35.9 Å². The SMILES string of the molecule is CCn1nc(-c2ccc(C)cc2C)cc1NC(=O)OCc1ccc(C=N)c(NC)c1. The van der Waals surface area contributed by atoms with Crippen molar-refractivity contribution in [2.24, 2.45) is 0 Å². The Morgan fingerprint density at radius 2 is 2.00 bits per heavy atom. The van der Waals surface area contributed by atoms with Crippen molar-refractivity contribution in [1.82, 2.24) is 9.78 Å². The fraction of sp³-hybridized carbons (Fsp3) is 0.261. The molecule has 3 rings (SSSR count). The van der Waals surface area contributed by atoms with Gasteiger partial charge in [0.1, 0.15) is 12.4 Å². The molecule has 0 spiro atoms. The lowest BCUT2D eigenvalue weighted by Gasteiger charge is -2.10. The summed E-state index contributed by atoms with van der Waals surface area (Å²) in [5, 5.41) is 17.9. The largest absolute Gasteiger partial charge is 0.444 e. The highest BCUT2D eigenvalue weighted by atomic mass is 16.5. The summed E-state index contributed by atoms with van der Waals surface area (Å²) in [7, 11) is 1.79. The molecule has 3 N–H and O–H groups in total. The number of carbonyl (C=O) groups excluding carboxylic acids is 1. The van der Waals surface area contributed by atoms with E-state index in [0.29, 0.717) is 12.4 Å². The summed E-state index contributed by atoms with van der Waals surface area (Å²) in [5.74, 6) is 0.590. The topological polar surface area (TPSA) is 92.0 Å². The molecule has 0 fully saturated rings. The molecule has 0 aliphatic heterocycles. The molecule has 0 saturated heterocycles. The van der Waals surface area contributed by atoms with Crippen molar-refractivity contribution in [1.29, 1.82) is 5.41 Å². The second kappa shape index (κ2) is 9.26. The van der Waals surface area contributed by atoms with Crippen LogP contribution in [0.25, 0.3) is 11.3 Å². The maximum atomic E-state index is 12.4. The highest BCUT2D eigenvalue weighted by Gasteiger charge is 2.14. The molecular weight excluding hydrogens is 378 g/mol. The van der Waals surface area contributed by atoms with Gasteiger partial charge in [0, 0.05) is 42.7 Å². The number of nitrogens with one attached hydrogen (secondary N) is 3. The van der Waals surface area contributed by atoms with Crippen molar-refractivity contribution >= 4 is 23.8 Å². The van der Waals surface area contributed by atoms with Gasteiger partial charge in [0.05, 0.1) is 5.69 Å². The summed E-state index contributed by atoms with van der Waals surface area (Å²) in [6, 6.07) is 13.6. The monoisotopic (exact) mass is 405 g/mol. The number of benzene rings is 2. The summed E-state index contributed by atoms with van der Waals surface area (Å²) in [4.78, 5) is 12.4. The first-order valence-corrected chi connectivity index (χ1v) is 9.85. The van der Waals surface area contributed by atoms with Crippen LogP contribution in [0.4, 0.5) is 16.3 Å². The Bertz CT molecular complexity index is 1070. The van der Waals surface area contributed by atoms with Gasteiger partial charge in [-0.2, -0.15) is 5.10 Å². The third-order valence-electron chi connectivity index (χ3n) is 4.88. The molecule has 7 nitrogen and oxygen atoms in total. The van der Waals surface area contributed by atoms with Crippen LogP contribution in [0.1, 0.15) is 29.2 Å². The smallest absolute Gasteiger partial charge is 0.413 e. The maximum absolute atomic E-state index is 12.4. The van der Waals surface area contributed by atoms with Gasteiger partial charge < -0.3 is 15.5 Å². The highest BCUT2D eigenvalue weighted by Crippen LogP contribution is 2.26. The van der Waals surface area contributed by atoms with Crippen molar-refractivity contribution in [2.75, 3.05) is 17.7 Å². The summed E-state index contributed by atoms with van der Waals surface area (Å²) in [5.41, 5.74) is 6.60. The molecule has 0 atom stereocenters. The first-order chi connectivity index (χ1) is 14.4. The van der Waals surface area contributed by atoms with Crippen molar-refractivity contribution < 1.29 is 9.53 Å². The number of anilines is 2. The third-order valence-corrected chi connectivity index (χ3v) is 4.88. The minimum Gasteiger partial charge on any atom is -0.444 e. The molecule has 0 radical (unpaired) electrons. The fourth-order valence-electron chi connectivity index (χ4n) is 3.32. The molecule has 0 bridgehead atoms. The molecule has 0 aliphatic rings. The van der Waals surface area contributed by atoms with Gasteiger partial charge in [-0.05, 0) is 38.0 Å².